The first-order valence-corrected chi connectivity index (χ1v) is 10.7. The SMILES string of the molecule is CCCCN1CCCCC1CNC(=NC)NCCCOCC1CCOC1. The van der Waals surface area contributed by atoms with Gasteiger partial charge >= 0.3 is 0 Å². The second-order valence-corrected chi connectivity index (χ2v) is 7.58. The summed E-state index contributed by atoms with van der Waals surface area (Å²) in [7, 11) is 1.85. The van der Waals surface area contributed by atoms with Gasteiger partial charge in [-0.3, -0.25) is 9.89 Å². The van der Waals surface area contributed by atoms with Crippen LogP contribution in [0.25, 0.3) is 0 Å². The minimum Gasteiger partial charge on any atom is -0.381 e. The highest BCUT2D eigenvalue weighted by Crippen LogP contribution is 2.17. The van der Waals surface area contributed by atoms with Gasteiger partial charge in [0.25, 0.3) is 0 Å². The molecule has 0 aliphatic carbocycles. The van der Waals surface area contributed by atoms with Crippen LogP contribution in [0.2, 0.25) is 0 Å². The summed E-state index contributed by atoms with van der Waals surface area (Å²) in [5.74, 6) is 1.51. The number of aliphatic imine (C=N–C) groups is 1. The standard InChI is InChI=1S/C20H40N4O2/c1-3-4-11-24-12-6-5-8-19(24)15-23-20(21-2)22-10-7-13-25-16-18-9-14-26-17-18/h18-19H,3-17H2,1-2H3,(H2,21,22,23). The zero-order valence-corrected chi connectivity index (χ0v) is 17.0. The summed E-state index contributed by atoms with van der Waals surface area (Å²) in [5.41, 5.74) is 0. The van der Waals surface area contributed by atoms with Crippen molar-refractivity contribution in [2.45, 2.75) is 57.9 Å². The van der Waals surface area contributed by atoms with Gasteiger partial charge in [0.15, 0.2) is 5.96 Å². The van der Waals surface area contributed by atoms with Crippen LogP contribution in [0, 0.1) is 5.92 Å². The zero-order chi connectivity index (χ0) is 18.5. The minimum atomic E-state index is 0.600. The summed E-state index contributed by atoms with van der Waals surface area (Å²) in [6.45, 7) is 10.0. The van der Waals surface area contributed by atoms with E-state index in [2.05, 4.69) is 27.4 Å². The summed E-state index contributed by atoms with van der Waals surface area (Å²) in [4.78, 5) is 7.02. The number of rotatable bonds is 11. The fourth-order valence-electron chi connectivity index (χ4n) is 3.73. The average Bonchev–Trinajstić information content (AvgIpc) is 3.19. The van der Waals surface area contributed by atoms with Gasteiger partial charge < -0.3 is 20.1 Å². The maximum atomic E-state index is 5.75. The van der Waals surface area contributed by atoms with Gasteiger partial charge in [0.2, 0.25) is 0 Å². The first-order valence-electron chi connectivity index (χ1n) is 10.7. The Morgan fingerprint density at radius 2 is 2.15 bits per heavy atom. The van der Waals surface area contributed by atoms with Crippen molar-refractivity contribution in [3.05, 3.63) is 0 Å². The van der Waals surface area contributed by atoms with Gasteiger partial charge in [-0.2, -0.15) is 0 Å². The van der Waals surface area contributed by atoms with Gasteiger partial charge in [-0.05, 0) is 45.2 Å². The maximum absolute atomic E-state index is 5.75. The molecule has 0 aromatic carbocycles. The highest BCUT2D eigenvalue weighted by molar-refractivity contribution is 5.79. The van der Waals surface area contributed by atoms with Crippen molar-refractivity contribution in [1.29, 1.82) is 0 Å². The molecule has 2 heterocycles. The number of piperidine rings is 1. The highest BCUT2D eigenvalue weighted by Gasteiger charge is 2.21. The smallest absolute Gasteiger partial charge is 0.191 e. The first kappa shape index (κ1) is 21.5. The van der Waals surface area contributed by atoms with E-state index >= 15 is 0 Å². The van der Waals surface area contributed by atoms with E-state index in [0.717, 1.165) is 58.3 Å². The lowest BCUT2D eigenvalue weighted by molar-refractivity contribution is 0.0888. The molecule has 2 rings (SSSR count). The molecule has 6 nitrogen and oxygen atoms in total. The second kappa shape index (κ2) is 13.3. The number of hydrogen-bond donors (Lipinski definition) is 2. The topological polar surface area (TPSA) is 58.1 Å². The van der Waals surface area contributed by atoms with Crippen LogP contribution in [-0.2, 0) is 9.47 Å². The Hall–Kier alpha value is -0.850. The zero-order valence-electron chi connectivity index (χ0n) is 17.0. The van der Waals surface area contributed by atoms with E-state index in [-0.39, 0.29) is 0 Å². The lowest BCUT2D eigenvalue weighted by Gasteiger charge is -2.36. The van der Waals surface area contributed by atoms with Crippen LogP contribution in [0.3, 0.4) is 0 Å². The van der Waals surface area contributed by atoms with Crippen LogP contribution in [0.4, 0.5) is 0 Å². The number of ether oxygens (including phenoxy) is 2. The summed E-state index contributed by atoms with van der Waals surface area (Å²) in [6, 6.07) is 0.644. The Labute approximate surface area is 160 Å². The van der Waals surface area contributed by atoms with Crippen molar-refractivity contribution in [2.24, 2.45) is 10.9 Å². The maximum Gasteiger partial charge on any atom is 0.191 e. The molecule has 0 radical (unpaired) electrons. The highest BCUT2D eigenvalue weighted by atomic mass is 16.5. The molecule has 2 aliphatic heterocycles. The lowest BCUT2D eigenvalue weighted by atomic mass is 10.0. The molecule has 152 valence electrons. The van der Waals surface area contributed by atoms with E-state index in [9.17, 15) is 0 Å². The molecule has 0 aromatic rings. The first-order chi connectivity index (χ1) is 12.8. The normalized spacial score (nSPS) is 24.8. The van der Waals surface area contributed by atoms with Crippen molar-refractivity contribution in [3.63, 3.8) is 0 Å². The van der Waals surface area contributed by atoms with Gasteiger partial charge in [0.05, 0.1) is 13.2 Å². The third kappa shape index (κ3) is 8.23. The third-order valence-corrected chi connectivity index (χ3v) is 5.41. The second-order valence-electron chi connectivity index (χ2n) is 7.58. The Morgan fingerprint density at radius 1 is 1.23 bits per heavy atom. The predicted molar refractivity (Wildman–Crippen MR) is 108 cm³/mol. The minimum absolute atomic E-state index is 0.600. The van der Waals surface area contributed by atoms with Crippen molar-refractivity contribution >= 4 is 5.96 Å². The van der Waals surface area contributed by atoms with E-state index in [1.165, 1.54) is 45.2 Å². The molecule has 2 atom stereocenters. The fourth-order valence-corrected chi connectivity index (χ4v) is 3.73. The Bertz CT molecular complexity index is 386. The largest absolute Gasteiger partial charge is 0.381 e. The van der Waals surface area contributed by atoms with Gasteiger partial charge in [-0.25, -0.2) is 0 Å². The Balaban J connectivity index is 1.54. The molecule has 0 bridgehead atoms. The quantitative estimate of drug-likeness (QED) is 0.333. The van der Waals surface area contributed by atoms with Gasteiger partial charge in [0, 0.05) is 45.3 Å². The summed E-state index contributed by atoms with van der Waals surface area (Å²) < 4.78 is 11.1. The van der Waals surface area contributed by atoms with Crippen molar-refractivity contribution in [3.8, 4) is 0 Å². The molecule has 0 spiro atoms. The molecule has 2 saturated heterocycles. The Kier molecular flexibility index (Phi) is 11.0. The van der Waals surface area contributed by atoms with Crippen molar-refractivity contribution in [2.75, 3.05) is 59.7 Å². The molecule has 0 aromatic heterocycles. The third-order valence-electron chi connectivity index (χ3n) is 5.41. The van der Waals surface area contributed by atoms with Crippen LogP contribution in [0.1, 0.15) is 51.9 Å². The van der Waals surface area contributed by atoms with Gasteiger partial charge in [0.1, 0.15) is 0 Å². The van der Waals surface area contributed by atoms with Crippen LogP contribution in [0.5, 0.6) is 0 Å². The molecular weight excluding hydrogens is 328 g/mol. The van der Waals surface area contributed by atoms with E-state index in [4.69, 9.17) is 9.47 Å². The number of hydrogen-bond acceptors (Lipinski definition) is 4. The molecule has 2 aliphatic rings. The van der Waals surface area contributed by atoms with E-state index in [0.29, 0.717) is 12.0 Å². The van der Waals surface area contributed by atoms with Crippen LogP contribution in [-0.4, -0.2) is 76.6 Å². The molecular formula is C20H40N4O2. The molecule has 0 amide bonds. The van der Waals surface area contributed by atoms with E-state index in [1.807, 2.05) is 7.05 Å². The molecule has 2 fully saturated rings. The number of nitrogens with zero attached hydrogens (tertiary/aromatic N) is 2. The van der Waals surface area contributed by atoms with Gasteiger partial charge in [-0.15, -0.1) is 0 Å². The average molecular weight is 369 g/mol. The summed E-state index contributed by atoms with van der Waals surface area (Å²) >= 11 is 0. The molecule has 26 heavy (non-hydrogen) atoms. The fraction of sp³-hybridized carbons (Fsp3) is 0.950. The molecule has 2 N–H and O–H groups in total. The van der Waals surface area contributed by atoms with Crippen LogP contribution < -0.4 is 10.6 Å². The Morgan fingerprint density at radius 3 is 2.92 bits per heavy atom. The predicted octanol–water partition coefficient (Wildman–Crippen LogP) is 2.25. The lowest BCUT2D eigenvalue weighted by Crippen LogP contribution is -2.49. The number of nitrogens with one attached hydrogen (secondary N) is 2. The van der Waals surface area contributed by atoms with E-state index in [1.54, 1.807) is 0 Å². The van der Waals surface area contributed by atoms with Crippen molar-refractivity contribution < 1.29 is 9.47 Å². The monoisotopic (exact) mass is 368 g/mol. The molecule has 6 heteroatoms. The molecule has 2 unspecified atom stereocenters. The summed E-state index contributed by atoms with van der Waals surface area (Å²) in [6.07, 6.45) is 8.72. The summed E-state index contributed by atoms with van der Waals surface area (Å²) in [5, 5.41) is 6.93. The van der Waals surface area contributed by atoms with E-state index < -0.39 is 0 Å². The van der Waals surface area contributed by atoms with Crippen LogP contribution >= 0.6 is 0 Å². The van der Waals surface area contributed by atoms with Gasteiger partial charge in [-0.1, -0.05) is 19.8 Å². The number of unbranched alkanes of at least 4 members (excludes halogenated alkanes) is 1. The van der Waals surface area contributed by atoms with Crippen LogP contribution in [0.15, 0.2) is 4.99 Å². The molecule has 0 saturated carbocycles. The number of guanidine groups is 1. The van der Waals surface area contributed by atoms with Crippen molar-refractivity contribution in [1.82, 2.24) is 15.5 Å². The number of likely N-dealkylation sites (tertiary alicyclic amines) is 1.